The van der Waals surface area contributed by atoms with Gasteiger partial charge in [0.25, 0.3) is 5.91 Å². The molecular weight excluding hydrogens is 515 g/mol. The van der Waals surface area contributed by atoms with Gasteiger partial charge >= 0.3 is 0 Å². The molecule has 1 unspecified atom stereocenters. The van der Waals surface area contributed by atoms with Gasteiger partial charge in [-0.1, -0.05) is 23.5 Å². The van der Waals surface area contributed by atoms with Crippen LogP contribution in [0.2, 0.25) is 0 Å². The highest BCUT2D eigenvalue weighted by Crippen LogP contribution is 2.25. The fourth-order valence-electron chi connectivity index (χ4n) is 3.74. The highest BCUT2D eigenvalue weighted by Gasteiger charge is 2.30. The van der Waals surface area contributed by atoms with Gasteiger partial charge in [-0.05, 0) is 25.0 Å². The lowest BCUT2D eigenvalue weighted by Crippen LogP contribution is -2.55. The molecular formula is C20H29IN6O2S. The molecule has 1 amide bonds. The number of halogens is 1. The summed E-state index contributed by atoms with van der Waals surface area (Å²) in [6.07, 6.45) is 1.61. The summed E-state index contributed by atoms with van der Waals surface area (Å²) >= 11 is 1.66. The minimum atomic E-state index is -0.229. The number of ether oxygens (including phenoxy) is 1. The number of rotatable bonds is 5. The number of piperazine rings is 1. The van der Waals surface area contributed by atoms with E-state index >= 15 is 0 Å². The quantitative estimate of drug-likeness (QED) is 0.260. The number of amides is 1. The number of nitrogens with zero attached hydrogens (tertiary/aromatic N) is 4. The first kappa shape index (κ1) is 23.0. The van der Waals surface area contributed by atoms with Crippen molar-refractivity contribution in [3.63, 3.8) is 0 Å². The van der Waals surface area contributed by atoms with E-state index in [0.717, 1.165) is 55.6 Å². The molecule has 0 bridgehead atoms. The Balaban J connectivity index is 0.00000256. The van der Waals surface area contributed by atoms with Gasteiger partial charge in [-0.25, -0.2) is 4.98 Å². The molecule has 0 spiro atoms. The van der Waals surface area contributed by atoms with Crippen LogP contribution >= 0.6 is 35.3 Å². The van der Waals surface area contributed by atoms with E-state index in [-0.39, 0.29) is 36.0 Å². The highest BCUT2D eigenvalue weighted by molar-refractivity contribution is 14.0. The first-order chi connectivity index (χ1) is 14.2. The van der Waals surface area contributed by atoms with Gasteiger partial charge in [0.1, 0.15) is 6.10 Å². The summed E-state index contributed by atoms with van der Waals surface area (Å²) in [5.41, 5.74) is 1.03. The molecule has 2 aliphatic heterocycles. The Kier molecular flexibility index (Phi) is 8.51. The van der Waals surface area contributed by atoms with Crippen molar-refractivity contribution in [2.24, 2.45) is 4.99 Å². The molecule has 2 aliphatic rings. The van der Waals surface area contributed by atoms with Crippen LogP contribution in [0.1, 0.15) is 12.8 Å². The smallest absolute Gasteiger partial charge is 0.251 e. The van der Waals surface area contributed by atoms with Gasteiger partial charge in [0, 0.05) is 52.9 Å². The lowest BCUT2D eigenvalue weighted by atomic mass is 10.2. The number of nitrogens with one attached hydrogen (secondary N) is 2. The molecule has 0 saturated carbocycles. The van der Waals surface area contributed by atoms with Crippen LogP contribution in [-0.4, -0.2) is 85.7 Å². The van der Waals surface area contributed by atoms with Crippen LogP contribution in [0, 0.1) is 0 Å². The molecule has 30 heavy (non-hydrogen) atoms. The normalized spacial score (nSPS) is 19.6. The van der Waals surface area contributed by atoms with E-state index < -0.39 is 0 Å². The van der Waals surface area contributed by atoms with E-state index in [9.17, 15) is 4.79 Å². The molecule has 2 N–H and O–H groups in total. The zero-order valence-corrected chi connectivity index (χ0v) is 20.3. The number of para-hydroxylation sites is 1. The summed E-state index contributed by atoms with van der Waals surface area (Å²) in [7, 11) is 1.80. The van der Waals surface area contributed by atoms with Crippen LogP contribution in [-0.2, 0) is 9.53 Å². The molecule has 4 rings (SSSR count). The van der Waals surface area contributed by atoms with E-state index in [1.165, 1.54) is 4.70 Å². The van der Waals surface area contributed by atoms with Gasteiger partial charge in [0.05, 0.1) is 10.2 Å². The van der Waals surface area contributed by atoms with Crippen LogP contribution < -0.4 is 10.6 Å². The van der Waals surface area contributed by atoms with Gasteiger partial charge < -0.3 is 25.2 Å². The van der Waals surface area contributed by atoms with E-state index in [1.807, 2.05) is 23.1 Å². The number of carbonyl (C=O) groups excluding carboxylic acids is 1. The monoisotopic (exact) mass is 544 g/mol. The maximum atomic E-state index is 12.5. The van der Waals surface area contributed by atoms with Crippen molar-refractivity contribution in [3.05, 3.63) is 24.3 Å². The maximum Gasteiger partial charge on any atom is 0.251 e. The SMILES string of the molecule is CN=C(NCCNc1nc2ccccc2s1)N1CCN(C(=O)C2CCCO2)CC1.I. The number of aliphatic imine (C=N–C) groups is 1. The Morgan fingerprint density at radius 2 is 2.00 bits per heavy atom. The van der Waals surface area contributed by atoms with Crippen LogP contribution in [0.3, 0.4) is 0 Å². The molecule has 8 nitrogen and oxygen atoms in total. The van der Waals surface area contributed by atoms with Crippen LogP contribution in [0.4, 0.5) is 5.13 Å². The molecule has 2 saturated heterocycles. The minimum Gasteiger partial charge on any atom is -0.368 e. The molecule has 0 aliphatic carbocycles. The first-order valence-corrected chi connectivity index (χ1v) is 11.0. The Labute approximate surface area is 198 Å². The summed E-state index contributed by atoms with van der Waals surface area (Å²) in [6, 6.07) is 8.15. The molecule has 3 heterocycles. The average molecular weight is 544 g/mol. The lowest BCUT2D eigenvalue weighted by Gasteiger charge is -2.37. The predicted molar refractivity (Wildman–Crippen MR) is 132 cm³/mol. The van der Waals surface area contributed by atoms with Crippen LogP contribution in [0.25, 0.3) is 10.2 Å². The van der Waals surface area contributed by atoms with Crippen molar-refractivity contribution in [2.75, 3.05) is 58.2 Å². The second-order valence-electron chi connectivity index (χ2n) is 7.20. The number of thiazole rings is 1. The summed E-state index contributed by atoms with van der Waals surface area (Å²) in [5.74, 6) is 1.02. The van der Waals surface area contributed by atoms with E-state index in [2.05, 4.69) is 31.6 Å². The summed E-state index contributed by atoms with van der Waals surface area (Å²) < 4.78 is 6.72. The molecule has 10 heteroatoms. The third-order valence-electron chi connectivity index (χ3n) is 5.29. The van der Waals surface area contributed by atoms with Gasteiger partial charge in [0.2, 0.25) is 0 Å². The third-order valence-corrected chi connectivity index (χ3v) is 6.28. The average Bonchev–Trinajstić information content (AvgIpc) is 3.43. The van der Waals surface area contributed by atoms with Crippen molar-refractivity contribution < 1.29 is 9.53 Å². The topological polar surface area (TPSA) is 82.1 Å². The summed E-state index contributed by atoms with van der Waals surface area (Å²) in [6.45, 7) is 5.20. The van der Waals surface area contributed by atoms with Gasteiger partial charge in [-0.2, -0.15) is 0 Å². The number of anilines is 1. The fraction of sp³-hybridized carbons (Fsp3) is 0.550. The Hall–Kier alpha value is -1.66. The fourth-order valence-corrected chi connectivity index (χ4v) is 4.63. The van der Waals surface area contributed by atoms with E-state index in [0.29, 0.717) is 19.7 Å². The second kappa shape index (κ2) is 11.1. The van der Waals surface area contributed by atoms with Crippen molar-refractivity contribution in [1.82, 2.24) is 20.1 Å². The van der Waals surface area contributed by atoms with Gasteiger partial charge in [0.15, 0.2) is 11.1 Å². The van der Waals surface area contributed by atoms with Crippen molar-refractivity contribution in [2.45, 2.75) is 18.9 Å². The number of benzene rings is 1. The zero-order valence-electron chi connectivity index (χ0n) is 17.2. The Morgan fingerprint density at radius 1 is 1.23 bits per heavy atom. The third kappa shape index (κ3) is 5.52. The van der Waals surface area contributed by atoms with Gasteiger partial charge in [-0.3, -0.25) is 9.79 Å². The van der Waals surface area contributed by atoms with Crippen molar-refractivity contribution >= 4 is 62.5 Å². The predicted octanol–water partition coefficient (Wildman–Crippen LogP) is 2.22. The number of hydrogen-bond acceptors (Lipinski definition) is 6. The minimum absolute atomic E-state index is 0. The molecule has 2 aromatic rings. The zero-order chi connectivity index (χ0) is 20.1. The Morgan fingerprint density at radius 3 is 2.70 bits per heavy atom. The summed E-state index contributed by atoms with van der Waals surface area (Å²) in [4.78, 5) is 25.6. The number of aromatic nitrogens is 1. The van der Waals surface area contributed by atoms with E-state index in [1.54, 1.807) is 18.4 Å². The number of carbonyl (C=O) groups is 1. The Bertz CT molecular complexity index is 829. The molecule has 1 aromatic heterocycles. The van der Waals surface area contributed by atoms with Gasteiger partial charge in [-0.15, -0.1) is 24.0 Å². The molecule has 0 radical (unpaired) electrons. The second-order valence-corrected chi connectivity index (χ2v) is 8.23. The highest BCUT2D eigenvalue weighted by atomic mass is 127. The van der Waals surface area contributed by atoms with E-state index in [4.69, 9.17) is 4.74 Å². The van der Waals surface area contributed by atoms with Crippen molar-refractivity contribution in [1.29, 1.82) is 0 Å². The number of fused-ring (bicyclic) bond motifs is 1. The lowest BCUT2D eigenvalue weighted by molar-refractivity contribution is -0.142. The summed E-state index contributed by atoms with van der Waals surface area (Å²) in [5, 5.41) is 7.71. The first-order valence-electron chi connectivity index (χ1n) is 10.2. The van der Waals surface area contributed by atoms with Crippen LogP contribution in [0.5, 0.6) is 0 Å². The largest absolute Gasteiger partial charge is 0.368 e. The van der Waals surface area contributed by atoms with Crippen molar-refractivity contribution in [3.8, 4) is 0 Å². The molecule has 1 atom stereocenters. The number of hydrogen-bond donors (Lipinski definition) is 2. The standard InChI is InChI=1S/C20H28N6O2S.HI/c1-21-19(22-8-9-23-20-24-15-5-2-3-7-17(15)29-20)26-12-10-25(11-13-26)18(27)16-6-4-14-28-16;/h2-3,5,7,16H,4,6,8-14H2,1H3,(H,21,22)(H,23,24);1H. The molecule has 1 aromatic carbocycles. The molecule has 2 fully saturated rings. The number of guanidine groups is 1. The molecule has 164 valence electrons. The maximum absolute atomic E-state index is 12.5. The van der Waals surface area contributed by atoms with Crippen LogP contribution in [0.15, 0.2) is 29.3 Å².